The second kappa shape index (κ2) is 6.91. The molecule has 2 rings (SSSR count). The first-order valence-electron chi connectivity index (χ1n) is 8.35. The van der Waals surface area contributed by atoms with Crippen LogP contribution in [0.5, 0.6) is 0 Å². The van der Waals surface area contributed by atoms with E-state index in [4.69, 9.17) is 0 Å². The summed E-state index contributed by atoms with van der Waals surface area (Å²) in [6, 6.07) is 7.99. The molecule has 0 amide bonds. The lowest BCUT2D eigenvalue weighted by Crippen LogP contribution is -2.41. The van der Waals surface area contributed by atoms with Crippen molar-refractivity contribution in [2.75, 3.05) is 0 Å². The van der Waals surface area contributed by atoms with Gasteiger partial charge in [0, 0.05) is 12.1 Å². The smallest absolute Gasteiger partial charge is 0.123 e. The van der Waals surface area contributed by atoms with Crippen molar-refractivity contribution in [3.05, 3.63) is 35.6 Å². The maximum atomic E-state index is 12.9. The second-order valence-electron chi connectivity index (χ2n) is 7.81. The van der Waals surface area contributed by atoms with Crippen LogP contribution in [0, 0.1) is 17.2 Å². The summed E-state index contributed by atoms with van der Waals surface area (Å²) in [6.07, 6.45) is 6.22. The Morgan fingerprint density at radius 2 is 1.67 bits per heavy atom. The molecule has 0 aliphatic heterocycles. The van der Waals surface area contributed by atoms with E-state index in [2.05, 4.69) is 33.0 Å². The van der Waals surface area contributed by atoms with Gasteiger partial charge in [0.2, 0.25) is 0 Å². The van der Waals surface area contributed by atoms with Crippen LogP contribution in [-0.4, -0.2) is 12.1 Å². The monoisotopic (exact) mass is 291 g/mol. The van der Waals surface area contributed by atoms with Crippen molar-refractivity contribution in [2.45, 2.75) is 71.9 Å². The Morgan fingerprint density at radius 1 is 1.10 bits per heavy atom. The van der Waals surface area contributed by atoms with Gasteiger partial charge in [0.15, 0.2) is 0 Å². The number of rotatable bonds is 4. The first-order valence-corrected chi connectivity index (χ1v) is 8.35. The van der Waals surface area contributed by atoms with Crippen LogP contribution in [0.3, 0.4) is 0 Å². The number of hydrogen-bond donors (Lipinski definition) is 1. The second-order valence-corrected chi connectivity index (χ2v) is 7.81. The summed E-state index contributed by atoms with van der Waals surface area (Å²) in [5, 5.41) is 3.76. The highest BCUT2D eigenvalue weighted by molar-refractivity contribution is 5.17. The van der Waals surface area contributed by atoms with Gasteiger partial charge in [0.05, 0.1) is 0 Å². The predicted molar refractivity (Wildman–Crippen MR) is 87.9 cm³/mol. The highest BCUT2D eigenvalue weighted by Crippen LogP contribution is 2.37. The van der Waals surface area contributed by atoms with Crippen LogP contribution in [-0.2, 0) is 6.42 Å². The van der Waals surface area contributed by atoms with E-state index in [1.807, 2.05) is 12.1 Å². The summed E-state index contributed by atoms with van der Waals surface area (Å²) in [7, 11) is 0. The lowest BCUT2D eigenvalue weighted by molar-refractivity contribution is 0.157. The van der Waals surface area contributed by atoms with Crippen molar-refractivity contribution in [2.24, 2.45) is 11.3 Å². The fraction of sp³-hybridized carbons (Fsp3) is 0.684. The summed E-state index contributed by atoms with van der Waals surface area (Å²) < 4.78 is 12.9. The Morgan fingerprint density at radius 3 is 2.19 bits per heavy atom. The van der Waals surface area contributed by atoms with Crippen molar-refractivity contribution in [1.82, 2.24) is 5.32 Å². The molecule has 0 spiro atoms. The number of benzene rings is 1. The minimum Gasteiger partial charge on any atom is -0.311 e. The summed E-state index contributed by atoms with van der Waals surface area (Å²) in [5.74, 6) is 0.711. The molecule has 118 valence electrons. The molecule has 1 unspecified atom stereocenters. The van der Waals surface area contributed by atoms with Crippen molar-refractivity contribution < 1.29 is 4.39 Å². The van der Waals surface area contributed by atoms with Crippen molar-refractivity contribution in [3.63, 3.8) is 0 Å². The van der Waals surface area contributed by atoms with Crippen LogP contribution in [0.2, 0.25) is 0 Å². The molecule has 0 aromatic heterocycles. The van der Waals surface area contributed by atoms with Crippen molar-refractivity contribution in [1.29, 1.82) is 0 Å². The Bertz CT molecular complexity index is 424. The summed E-state index contributed by atoms with van der Waals surface area (Å²) >= 11 is 0. The van der Waals surface area contributed by atoms with Gasteiger partial charge in [-0.1, -0.05) is 32.9 Å². The third-order valence-electron chi connectivity index (χ3n) is 4.93. The van der Waals surface area contributed by atoms with Gasteiger partial charge >= 0.3 is 0 Å². The van der Waals surface area contributed by atoms with Gasteiger partial charge in [0.1, 0.15) is 5.82 Å². The topological polar surface area (TPSA) is 12.0 Å². The van der Waals surface area contributed by atoms with Gasteiger partial charge in [-0.15, -0.1) is 0 Å². The largest absolute Gasteiger partial charge is 0.311 e. The van der Waals surface area contributed by atoms with E-state index in [9.17, 15) is 4.39 Å². The van der Waals surface area contributed by atoms with Crippen LogP contribution in [0.4, 0.5) is 4.39 Å². The van der Waals surface area contributed by atoms with Crippen LogP contribution in [0.1, 0.15) is 58.9 Å². The molecule has 0 saturated heterocycles. The van der Waals surface area contributed by atoms with E-state index >= 15 is 0 Å². The molecular formula is C19H30FN. The van der Waals surface area contributed by atoms with Gasteiger partial charge in [-0.25, -0.2) is 4.39 Å². The summed E-state index contributed by atoms with van der Waals surface area (Å²) in [5.41, 5.74) is 1.66. The average molecular weight is 291 g/mol. The first-order chi connectivity index (χ1) is 9.84. The molecule has 1 aromatic rings. The highest BCUT2D eigenvalue weighted by atomic mass is 19.1. The Labute approximate surface area is 129 Å². The van der Waals surface area contributed by atoms with Gasteiger partial charge in [0.25, 0.3) is 0 Å². The molecule has 1 fully saturated rings. The molecule has 1 aliphatic rings. The predicted octanol–water partition coefficient (Wildman–Crippen LogP) is 4.95. The molecule has 0 radical (unpaired) electrons. The minimum absolute atomic E-state index is 0.153. The molecule has 0 heterocycles. The van der Waals surface area contributed by atoms with E-state index in [1.54, 1.807) is 12.1 Å². The fourth-order valence-electron chi connectivity index (χ4n) is 3.56. The Balaban J connectivity index is 1.76. The highest BCUT2D eigenvalue weighted by Gasteiger charge is 2.29. The molecule has 1 nitrogen and oxygen atoms in total. The molecular weight excluding hydrogens is 261 g/mol. The number of halogens is 1. The normalized spacial score (nSPS) is 24.8. The maximum absolute atomic E-state index is 12.9. The van der Waals surface area contributed by atoms with E-state index in [0.717, 1.165) is 12.3 Å². The SMILES string of the molecule is CC(Cc1ccc(F)cc1)NC1CCC(C(C)(C)C)CC1. The zero-order chi connectivity index (χ0) is 15.5. The third-order valence-corrected chi connectivity index (χ3v) is 4.93. The van der Waals surface area contributed by atoms with Crippen LogP contribution >= 0.6 is 0 Å². The molecule has 1 aliphatic carbocycles. The summed E-state index contributed by atoms with van der Waals surface area (Å²) in [6.45, 7) is 9.33. The average Bonchev–Trinajstić information content (AvgIpc) is 2.41. The lowest BCUT2D eigenvalue weighted by Gasteiger charge is -2.38. The number of hydrogen-bond acceptors (Lipinski definition) is 1. The van der Waals surface area contributed by atoms with Crippen LogP contribution < -0.4 is 5.32 Å². The molecule has 21 heavy (non-hydrogen) atoms. The Kier molecular flexibility index (Phi) is 5.43. The lowest BCUT2D eigenvalue weighted by atomic mass is 9.71. The molecule has 2 heteroatoms. The third kappa shape index (κ3) is 5.10. The van der Waals surface area contributed by atoms with Crippen LogP contribution in [0.25, 0.3) is 0 Å². The van der Waals surface area contributed by atoms with E-state index in [0.29, 0.717) is 17.5 Å². The van der Waals surface area contributed by atoms with E-state index in [-0.39, 0.29) is 5.82 Å². The molecule has 1 aromatic carbocycles. The van der Waals surface area contributed by atoms with Crippen molar-refractivity contribution >= 4 is 0 Å². The quantitative estimate of drug-likeness (QED) is 0.827. The molecule has 1 N–H and O–H groups in total. The zero-order valence-corrected chi connectivity index (χ0v) is 14.0. The number of nitrogens with one attached hydrogen (secondary N) is 1. The van der Waals surface area contributed by atoms with Crippen LogP contribution in [0.15, 0.2) is 24.3 Å². The zero-order valence-electron chi connectivity index (χ0n) is 14.0. The van der Waals surface area contributed by atoms with E-state index < -0.39 is 0 Å². The van der Waals surface area contributed by atoms with E-state index in [1.165, 1.54) is 31.2 Å². The molecule has 1 atom stereocenters. The van der Waals surface area contributed by atoms with Gasteiger partial charge < -0.3 is 5.32 Å². The summed E-state index contributed by atoms with van der Waals surface area (Å²) in [4.78, 5) is 0. The molecule has 0 bridgehead atoms. The first kappa shape index (κ1) is 16.5. The Hall–Kier alpha value is -0.890. The maximum Gasteiger partial charge on any atom is 0.123 e. The minimum atomic E-state index is -0.153. The van der Waals surface area contributed by atoms with Gasteiger partial charge in [-0.2, -0.15) is 0 Å². The van der Waals surface area contributed by atoms with Crippen molar-refractivity contribution in [3.8, 4) is 0 Å². The molecule has 1 saturated carbocycles. The van der Waals surface area contributed by atoms with Gasteiger partial charge in [-0.3, -0.25) is 0 Å². The fourth-order valence-corrected chi connectivity index (χ4v) is 3.56. The van der Waals surface area contributed by atoms with Gasteiger partial charge in [-0.05, 0) is 68.1 Å². The standard InChI is InChI=1S/C19H30FN/c1-14(13-15-5-9-17(20)10-6-15)21-18-11-7-16(8-12-18)19(2,3)4/h5-6,9-10,14,16,18,21H,7-8,11-13H2,1-4H3.